The highest BCUT2D eigenvalue weighted by molar-refractivity contribution is 8.03. The molecule has 3 rings (SSSR count). The number of ether oxygens (including phenoxy) is 3. The standard InChI is InChI=1S/C19H17NO6S/c1-23-14-8-11(9-15(24-2)17(14)25-3)10-16(18(21)22)27-19-20-12-6-4-5-7-13(12)26-19/h4-10H,1-3H3,(H,21,22)/p-1/b16-10+. The molecule has 0 aliphatic carbocycles. The quantitative estimate of drug-likeness (QED) is 0.452. The molecular formula is C19H16NO6S-. The summed E-state index contributed by atoms with van der Waals surface area (Å²) in [5.41, 5.74) is 1.75. The van der Waals surface area contributed by atoms with Gasteiger partial charge in [-0.1, -0.05) is 12.1 Å². The molecule has 0 saturated heterocycles. The lowest BCUT2D eigenvalue weighted by atomic mass is 10.1. The molecule has 140 valence electrons. The number of carboxylic acids is 1. The second-order valence-corrected chi connectivity index (χ2v) is 6.30. The second-order valence-electron chi connectivity index (χ2n) is 5.30. The lowest BCUT2D eigenvalue weighted by Crippen LogP contribution is -2.23. The zero-order valence-corrected chi connectivity index (χ0v) is 15.7. The van der Waals surface area contributed by atoms with Gasteiger partial charge in [0.25, 0.3) is 5.22 Å². The third kappa shape index (κ3) is 4.01. The van der Waals surface area contributed by atoms with Crippen LogP contribution >= 0.6 is 11.8 Å². The number of thioether (sulfide) groups is 1. The van der Waals surface area contributed by atoms with E-state index in [0.29, 0.717) is 33.9 Å². The SMILES string of the molecule is COc1cc(/C=C(/Sc2nc3ccccc3o2)C(=O)[O-])cc(OC)c1OC. The van der Waals surface area contributed by atoms with Crippen LogP contribution in [0.3, 0.4) is 0 Å². The Hall–Kier alpha value is -3.13. The zero-order chi connectivity index (χ0) is 19.4. The van der Waals surface area contributed by atoms with Gasteiger partial charge in [-0.2, -0.15) is 0 Å². The van der Waals surface area contributed by atoms with Gasteiger partial charge in [-0.05, 0) is 47.7 Å². The Morgan fingerprint density at radius 3 is 2.33 bits per heavy atom. The van der Waals surface area contributed by atoms with Crippen LogP contribution in [0, 0.1) is 0 Å². The van der Waals surface area contributed by atoms with Crippen molar-refractivity contribution >= 4 is 34.9 Å². The Bertz CT molecular complexity index is 952. The van der Waals surface area contributed by atoms with Gasteiger partial charge >= 0.3 is 0 Å². The number of benzene rings is 2. The number of para-hydroxylation sites is 2. The number of carbonyl (C=O) groups is 1. The first-order valence-electron chi connectivity index (χ1n) is 7.82. The Labute approximate surface area is 159 Å². The van der Waals surface area contributed by atoms with Crippen LogP contribution < -0.4 is 19.3 Å². The van der Waals surface area contributed by atoms with Gasteiger partial charge in [0.1, 0.15) is 5.52 Å². The fraction of sp³-hybridized carbons (Fsp3) is 0.158. The zero-order valence-electron chi connectivity index (χ0n) is 14.8. The van der Waals surface area contributed by atoms with E-state index >= 15 is 0 Å². The molecule has 2 aromatic carbocycles. The van der Waals surface area contributed by atoms with Crippen molar-refractivity contribution in [2.24, 2.45) is 0 Å². The Balaban J connectivity index is 1.99. The van der Waals surface area contributed by atoms with Gasteiger partial charge in [0, 0.05) is 4.91 Å². The summed E-state index contributed by atoms with van der Waals surface area (Å²) >= 11 is 0.863. The molecule has 0 amide bonds. The number of methoxy groups -OCH3 is 3. The van der Waals surface area contributed by atoms with Crippen LogP contribution in [0.4, 0.5) is 0 Å². The van der Waals surface area contributed by atoms with Crippen molar-refractivity contribution in [3.8, 4) is 17.2 Å². The molecule has 8 heteroatoms. The summed E-state index contributed by atoms with van der Waals surface area (Å²) in [6.45, 7) is 0. The van der Waals surface area contributed by atoms with Crippen molar-refractivity contribution in [2.75, 3.05) is 21.3 Å². The summed E-state index contributed by atoms with van der Waals surface area (Å²) in [5, 5.41) is 11.8. The van der Waals surface area contributed by atoms with Crippen LogP contribution in [0.1, 0.15) is 5.56 Å². The number of rotatable bonds is 7. The van der Waals surface area contributed by atoms with Crippen LogP contribution in [0.2, 0.25) is 0 Å². The van der Waals surface area contributed by atoms with Gasteiger partial charge in [-0.25, -0.2) is 4.98 Å². The monoisotopic (exact) mass is 386 g/mol. The molecular weight excluding hydrogens is 370 g/mol. The molecule has 0 N–H and O–H groups in total. The second kappa shape index (κ2) is 8.05. The van der Waals surface area contributed by atoms with E-state index in [0.717, 1.165) is 11.8 Å². The molecule has 0 atom stereocenters. The maximum absolute atomic E-state index is 11.6. The van der Waals surface area contributed by atoms with Crippen LogP contribution in [0.25, 0.3) is 17.2 Å². The summed E-state index contributed by atoms with van der Waals surface area (Å²) in [5.74, 6) is -0.116. The molecule has 0 unspecified atom stereocenters. The van der Waals surface area contributed by atoms with E-state index in [-0.39, 0.29) is 10.1 Å². The molecule has 0 aliphatic heterocycles. The molecule has 0 saturated carbocycles. The number of aromatic nitrogens is 1. The lowest BCUT2D eigenvalue weighted by molar-refractivity contribution is -0.298. The Morgan fingerprint density at radius 1 is 1.11 bits per heavy atom. The highest BCUT2D eigenvalue weighted by atomic mass is 32.2. The van der Waals surface area contributed by atoms with Gasteiger partial charge in [-0.3, -0.25) is 0 Å². The predicted molar refractivity (Wildman–Crippen MR) is 98.9 cm³/mol. The number of oxazole rings is 1. The minimum absolute atomic E-state index is 0.0733. The maximum Gasteiger partial charge on any atom is 0.261 e. The highest BCUT2D eigenvalue weighted by Crippen LogP contribution is 2.39. The summed E-state index contributed by atoms with van der Waals surface area (Å²) in [7, 11) is 4.46. The largest absolute Gasteiger partial charge is 0.544 e. The molecule has 0 spiro atoms. The number of carboxylic acid groups (broad SMARTS) is 1. The van der Waals surface area contributed by atoms with Crippen molar-refractivity contribution in [3.05, 3.63) is 46.9 Å². The van der Waals surface area contributed by atoms with Crippen LogP contribution in [0.15, 0.2) is 50.9 Å². The summed E-state index contributed by atoms with van der Waals surface area (Å²) < 4.78 is 21.4. The Kier molecular flexibility index (Phi) is 5.56. The fourth-order valence-corrected chi connectivity index (χ4v) is 3.20. The number of carbonyl (C=O) groups excluding carboxylic acids is 1. The number of hydrogen-bond donors (Lipinski definition) is 0. The number of hydrogen-bond acceptors (Lipinski definition) is 8. The van der Waals surface area contributed by atoms with Crippen molar-refractivity contribution in [1.29, 1.82) is 0 Å². The lowest BCUT2D eigenvalue weighted by Gasteiger charge is -2.13. The van der Waals surface area contributed by atoms with Crippen molar-refractivity contribution in [1.82, 2.24) is 4.98 Å². The fourth-order valence-electron chi connectivity index (χ4n) is 2.45. The van der Waals surface area contributed by atoms with Gasteiger partial charge in [0.2, 0.25) is 5.75 Å². The van der Waals surface area contributed by atoms with Crippen molar-refractivity contribution < 1.29 is 28.5 Å². The minimum Gasteiger partial charge on any atom is -0.544 e. The van der Waals surface area contributed by atoms with Gasteiger partial charge in [0.15, 0.2) is 17.1 Å². The van der Waals surface area contributed by atoms with E-state index in [9.17, 15) is 9.90 Å². The number of nitrogens with zero attached hydrogens (tertiary/aromatic N) is 1. The molecule has 7 nitrogen and oxygen atoms in total. The molecule has 0 radical (unpaired) electrons. The normalized spacial score (nSPS) is 11.4. The summed E-state index contributed by atoms with van der Waals surface area (Å²) in [6, 6.07) is 10.4. The summed E-state index contributed by atoms with van der Waals surface area (Å²) in [4.78, 5) is 15.8. The molecule has 3 aromatic rings. The van der Waals surface area contributed by atoms with E-state index in [1.807, 2.05) is 12.1 Å². The Morgan fingerprint density at radius 2 is 1.78 bits per heavy atom. The first kappa shape index (κ1) is 18.7. The first-order valence-corrected chi connectivity index (χ1v) is 8.63. The topological polar surface area (TPSA) is 93.9 Å². The molecule has 27 heavy (non-hydrogen) atoms. The van der Waals surface area contributed by atoms with E-state index in [1.165, 1.54) is 27.4 Å². The maximum atomic E-state index is 11.6. The molecule has 1 aromatic heterocycles. The van der Waals surface area contributed by atoms with E-state index in [2.05, 4.69) is 4.98 Å². The van der Waals surface area contributed by atoms with E-state index in [4.69, 9.17) is 18.6 Å². The third-order valence-electron chi connectivity index (χ3n) is 3.66. The summed E-state index contributed by atoms with van der Waals surface area (Å²) in [6.07, 6.45) is 1.43. The van der Waals surface area contributed by atoms with Gasteiger partial charge in [-0.15, -0.1) is 0 Å². The molecule has 1 heterocycles. The van der Waals surface area contributed by atoms with E-state index in [1.54, 1.807) is 24.3 Å². The molecule has 0 fully saturated rings. The van der Waals surface area contributed by atoms with Crippen LogP contribution in [-0.4, -0.2) is 32.3 Å². The number of fused-ring (bicyclic) bond motifs is 1. The molecule has 0 bridgehead atoms. The first-order chi connectivity index (χ1) is 13.0. The van der Waals surface area contributed by atoms with Crippen molar-refractivity contribution in [2.45, 2.75) is 5.22 Å². The minimum atomic E-state index is -1.35. The van der Waals surface area contributed by atoms with Gasteiger partial charge < -0.3 is 28.5 Å². The predicted octanol–water partition coefficient (Wildman–Crippen LogP) is 2.74. The van der Waals surface area contributed by atoms with E-state index < -0.39 is 5.97 Å². The molecule has 0 aliphatic rings. The average molecular weight is 386 g/mol. The van der Waals surface area contributed by atoms with Crippen LogP contribution in [0.5, 0.6) is 17.2 Å². The smallest absolute Gasteiger partial charge is 0.261 e. The number of aliphatic carboxylic acids is 1. The van der Waals surface area contributed by atoms with Crippen LogP contribution in [-0.2, 0) is 4.79 Å². The highest BCUT2D eigenvalue weighted by Gasteiger charge is 2.14. The van der Waals surface area contributed by atoms with Gasteiger partial charge in [0.05, 0.1) is 27.3 Å². The third-order valence-corrected chi connectivity index (χ3v) is 4.51. The average Bonchev–Trinajstić information content (AvgIpc) is 3.08. The van der Waals surface area contributed by atoms with Crippen molar-refractivity contribution in [3.63, 3.8) is 0 Å².